The van der Waals surface area contributed by atoms with Crippen LogP contribution in [0.5, 0.6) is 0 Å². The van der Waals surface area contributed by atoms with Crippen molar-refractivity contribution in [3.63, 3.8) is 0 Å². The summed E-state index contributed by atoms with van der Waals surface area (Å²) in [7, 11) is 0. The maximum Gasteiger partial charge on any atom is 0.270 e. The number of H-pyrrole nitrogens is 1. The third-order valence-corrected chi connectivity index (χ3v) is 7.41. The minimum Gasteiger partial charge on any atom is -0.368 e. The van der Waals surface area contributed by atoms with E-state index in [2.05, 4.69) is 30.1 Å². The number of anilines is 1. The van der Waals surface area contributed by atoms with Gasteiger partial charge in [-0.05, 0) is 31.0 Å². The van der Waals surface area contributed by atoms with E-state index in [1.54, 1.807) is 24.4 Å². The lowest BCUT2D eigenvalue weighted by molar-refractivity contribution is -0.0878. The molecule has 1 aromatic carbocycles. The molecule has 0 radical (unpaired) electrons. The number of hydrogen-bond acceptors (Lipinski definition) is 6. The molecule has 1 aliphatic heterocycles. The second-order valence-electron chi connectivity index (χ2n) is 10.3. The molecule has 1 amide bonds. The van der Waals surface area contributed by atoms with Crippen molar-refractivity contribution in [3.8, 4) is 0 Å². The van der Waals surface area contributed by atoms with Crippen molar-refractivity contribution in [2.75, 3.05) is 31.1 Å². The summed E-state index contributed by atoms with van der Waals surface area (Å²) >= 11 is 0. The predicted octanol–water partition coefficient (Wildman–Crippen LogP) is 3.18. The normalized spacial score (nSPS) is 20.1. The number of halogens is 3. The van der Waals surface area contributed by atoms with Gasteiger partial charge < -0.3 is 15.2 Å². The molecule has 2 aliphatic carbocycles. The molecule has 11 heteroatoms. The predicted molar refractivity (Wildman–Crippen MR) is 131 cm³/mol. The molecule has 3 heterocycles. The number of alkyl halides is 2. The van der Waals surface area contributed by atoms with Crippen LogP contribution in [0, 0.1) is 5.82 Å². The molecule has 0 spiro atoms. The second-order valence-corrected chi connectivity index (χ2v) is 10.3. The molecule has 1 saturated heterocycles. The van der Waals surface area contributed by atoms with E-state index in [1.165, 1.54) is 0 Å². The molecule has 0 atom stereocenters. The first kappa shape index (κ1) is 23.9. The SMILES string of the molecule is O=C(NC1CC1)c1ccc(N2CCN(Cc3ccc4nc(C5CC(F)(F)C5)c(=O)[nH]c4c3F)CC2)cn1. The monoisotopic (exact) mass is 512 g/mol. The number of pyridine rings is 1. The van der Waals surface area contributed by atoms with E-state index in [0.29, 0.717) is 30.9 Å². The van der Waals surface area contributed by atoms with Crippen molar-refractivity contribution in [1.82, 2.24) is 25.2 Å². The van der Waals surface area contributed by atoms with Gasteiger partial charge in [0, 0.05) is 63.1 Å². The van der Waals surface area contributed by atoms with Gasteiger partial charge in [-0.3, -0.25) is 14.5 Å². The van der Waals surface area contributed by atoms with Crippen LogP contribution < -0.4 is 15.8 Å². The lowest BCUT2D eigenvalue weighted by Crippen LogP contribution is -2.46. The van der Waals surface area contributed by atoms with Crippen molar-refractivity contribution in [2.45, 2.75) is 50.1 Å². The maximum absolute atomic E-state index is 15.3. The van der Waals surface area contributed by atoms with Crippen molar-refractivity contribution in [1.29, 1.82) is 0 Å². The summed E-state index contributed by atoms with van der Waals surface area (Å²) in [5, 5.41) is 2.93. The highest BCUT2D eigenvalue weighted by Gasteiger charge is 2.47. The fraction of sp³-hybridized carbons (Fsp3) is 0.462. The summed E-state index contributed by atoms with van der Waals surface area (Å²) in [6, 6.07) is 7.19. The summed E-state index contributed by atoms with van der Waals surface area (Å²) in [6.45, 7) is 3.21. The number of benzene rings is 1. The lowest BCUT2D eigenvalue weighted by atomic mass is 9.79. The van der Waals surface area contributed by atoms with Crippen LogP contribution in [0.25, 0.3) is 11.0 Å². The Balaban J connectivity index is 1.09. The number of carbonyl (C=O) groups is 1. The van der Waals surface area contributed by atoms with E-state index in [-0.39, 0.29) is 28.7 Å². The van der Waals surface area contributed by atoms with Crippen LogP contribution in [-0.2, 0) is 6.54 Å². The number of nitrogens with zero attached hydrogens (tertiary/aromatic N) is 4. The maximum atomic E-state index is 15.3. The van der Waals surface area contributed by atoms with Crippen molar-refractivity contribution < 1.29 is 18.0 Å². The van der Waals surface area contributed by atoms with Gasteiger partial charge in [0.05, 0.1) is 17.4 Å². The zero-order chi connectivity index (χ0) is 25.7. The minimum absolute atomic E-state index is 0.00727. The van der Waals surface area contributed by atoms with Gasteiger partial charge >= 0.3 is 0 Å². The van der Waals surface area contributed by atoms with Crippen molar-refractivity contribution >= 4 is 22.6 Å². The van der Waals surface area contributed by atoms with Gasteiger partial charge in [0.2, 0.25) is 5.92 Å². The molecule has 6 rings (SSSR count). The number of rotatable bonds is 6. The fourth-order valence-electron chi connectivity index (χ4n) is 5.03. The Morgan fingerprint density at radius 3 is 2.51 bits per heavy atom. The molecule has 8 nitrogen and oxygen atoms in total. The summed E-state index contributed by atoms with van der Waals surface area (Å²) in [4.78, 5) is 39.9. The Labute approximate surface area is 210 Å². The molecule has 2 aromatic heterocycles. The van der Waals surface area contributed by atoms with Crippen LogP contribution in [0.3, 0.4) is 0 Å². The van der Waals surface area contributed by atoms with Crippen LogP contribution in [0.1, 0.15) is 53.3 Å². The van der Waals surface area contributed by atoms with E-state index >= 15 is 4.39 Å². The zero-order valence-electron chi connectivity index (χ0n) is 20.1. The third kappa shape index (κ3) is 4.92. The molecule has 3 aromatic rings. The highest BCUT2D eigenvalue weighted by molar-refractivity contribution is 5.92. The van der Waals surface area contributed by atoms with E-state index in [9.17, 15) is 18.4 Å². The van der Waals surface area contributed by atoms with Gasteiger partial charge in [-0.1, -0.05) is 6.07 Å². The number of amides is 1. The van der Waals surface area contributed by atoms with E-state index in [1.807, 2.05) is 6.07 Å². The number of aromatic amines is 1. The largest absolute Gasteiger partial charge is 0.368 e. The van der Waals surface area contributed by atoms with Crippen molar-refractivity contribution in [3.05, 3.63) is 63.6 Å². The van der Waals surface area contributed by atoms with Gasteiger partial charge in [-0.2, -0.15) is 0 Å². The number of aromatic nitrogens is 3. The van der Waals surface area contributed by atoms with Gasteiger partial charge in [0.15, 0.2) is 5.82 Å². The van der Waals surface area contributed by atoms with Crippen LogP contribution in [0.2, 0.25) is 0 Å². The highest BCUT2D eigenvalue weighted by atomic mass is 19.3. The first-order chi connectivity index (χ1) is 17.8. The number of piperazine rings is 1. The molecule has 37 heavy (non-hydrogen) atoms. The highest BCUT2D eigenvalue weighted by Crippen LogP contribution is 2.47. The van der Waals surface area contributed by atoms with Crippen LogP contribution in [0.15, 0.2) is 35.3 Å². The molecule has 3 fully saturated rings. The second kappa shape index (κ2) is 9.13. The molecule has 0 unspecified atom stereocenters. The fourth-order valence-corrected chi connectivity index (χ4v) is 5.03. The summed E-state index contributed by atoms with van der Waals surface area (Å²) in [5.74, 6) is -4.06. The van der Waals surface area contributed by atoms with Gasteiger partial charge in [-0.25, -0.2) is 23.1 Å². The molecular weight excluding hydrogens is 485 g/mol. The number of carbonyl (C=O) groups excluding carboxylic acids is 1. The third-order valence-electron chi connectivity index (χ3n) is 7.41. The average Bonchev–Trinajstić information content (AvgIpc) is 3.69. The first-order valence-corrected chi connectivity index (χ1v) is 12.6. The Bertz CT molecular complexity index is 1390. The molecule has 2 N–H and O–H groups in total. The van der Waals surface area contributed by atoms with Gasteiger partial charge in [0.1, 0.15) is 16.9 Å². The summed E-state index contributed by atoms with van der Waals surface area (Å²) in [6.07, 6.45) is 2.95. The van der Waals surface area contributed by atoms with E-state index in [4.69, 9.17) is 0 Å². The average molecular weight is 513 g/mol. The zero-order valence-corrected chi connectivity index (χ0v) is 20.1. The Hall–Kier alpha value is -3.47. The molecular formula is C26H27F3N6O2. The Morgan fingerprint density at radius 1 is 1.11 bits per heavy atom. The molecule has 0 bridgehead atoms. The quantitative estimate of drug-likeness (QED) is 0.527. The summed E-state index contributed by atoms with van der Waals surface area (Å²) in [5.41, 5.74) is 1.49. The lowest BCUT2D eigenvalue weighted by Gasteiger charge is -2.36. The molecule has 2 saturated carbocycles. The van der Waals surface area contributed by atoms with Crippen molar-refractivity contribution in [2.24, 2.45) is 0 Å². The van der Waals surface area contributed by atoms with Crippen LogP contribution >= 0.6 is 0 Å². The van der Waals surface area contributed by atoms with Crippen LogP contribution in [-0.4, -0.2) is 63.9 Å². The summed E-state index contributed by atoms with van der Waals surface area (Å²) < 4.78 is 41.8. The minimum atomic E-state index is -2.76. The first-order valence-electron chi connectivity index (χ1n) is 12.6. The topological polar surface area (TPSA) is 94.2 Å². The Morgan fingerprint density at radius 2 is 1.86 bits per heavy atom. The molecule has 194 valence electrons. The van der Waals surface area contributed by atoms with Gasteiger partial charge in [0.25, 0.3) is 11.5 Å². The standard InChI is InChI=1S/C26H27F3N6O2/c27-21-15(1-5-19-23(21)33-25(37)22(32-19)16-11-26(28,29)12-16)14-34-7-9-35(10-8-34)18-4-6-20(30-13-18)24(36)31-17-2-3-17/h1,4-6,13,16-17H,2-3,7-12,14H2,(H,31,36)(H,33,37). The van der Waals surface area contributed by atoms with E-state index < -0.39 is 36.1 Å². The Kier molecular flexibility index (Phi) is 5.89. The number of hydrogen-bond donors (Lipinski definition) is 2. The smallest absolute Gasteiger partial charge is 0.270 e. The molecule has 3 aliphatic rings. The van der Waals surface area contributed by atoms with Crippen LogP contribution in [0.4, 0.5) is 18.9 Å². The number of nitrogens with one attached hydrogen (secondary N) is 2. The van der Waals surface area contributed by atoms with Gasteiger partial charge in [-0.15, -0.1) is 0 Å². The number of fused-ring (bicyclic) bond motifs is 1. The van der Waals surface area contributed by atoms with E-state index in [0.717, 1.165) is 31.6 Å².